The molecule has 1 aromatic heterocycles. The predicted octanol–water partition coefficient (Wildman–Crippen LogP) is 1.24. The Bertz CT molecular complexity index is 856. The van der Waals surface area contributed by atoms with Crippen LogP contribution in [0.25, 0.3) is 0 Å². The van der Waals surface area contributed by atoms with E-state index in [4.69, 9.17) is 0 Å². The number of hydrogen-bond acceptors (Lipinski definition) is 5. The van der Waals surface area contributed by atoms with E-state index in [0.29, 0.717) is 18.7 Å². The van der Waals surface area contributed by atoms with Gasteiger partial charge in [0.05, 0.1) is 10.5 Å². The summed E-state index contributed by atoms with van der Waals surface area (Å²) in [6.07, 6.45) is 1.54. The molecule has 1 aliphatic heterocycles. The molecule has 1 fully saturated rings. The fourth-order valence-corrected chi connectivity index (χ4v) is 4.10. The molecule has 7 nitrogen and oxygen atoms in total. The van der Waals surface area contributed by atoms with Gasteiger partial charge in [0, 0.05) is 38.1 Å². The lowest BCUT2D eigenvalue weighted by Crippen LogP contribution is -2.50. The number of phenolic OH excluding ortho intramolecular Hbond substituents is 1. The number of carbonyl (C=O) groups is 1. The summed E-state index contributed by atoms with van der Waals surface area (Å²) in [5, 5.41) is 9.30. The smallest absolute Gasteiger partial charge is 0.255 e. The van der Waals surface area contributed by atoms with Crippen LogP contribution in [0.3, 0.4) is 0 Å². The average Bonchev–Trinajstić information content (AvgIpc) is 2.62. The van der Waals surface area contributed by atoms with Crippen molar-refractivity contribution in [3.63, 3.8) is 0 Å². The van der Waals surface area contributed by atoms with Crippen molar-refractivity contribution in [1.82, 2.24) is 14.2 Å². The topological polar surface area (TPSA) is 90.8 Å². The zero-order valence-electron chi connectivity index (χ0n) is 13.8. The summed E-state index contributed by atoms with van der Waals surface area (Å²) < 4.78 is 26.6. The van der Waals surface area contributed by atoms with Gasteiger partial charge in [0.2, 0.25) is 10.0 Å². The number of carbonyl (C=O) groups excluding carboxylic acids is 1. The van der Waals surface area contributed by atoms with Gasteiger partial charge in [-0.2, -0.15) is 4.31 Å². The molecule has 8 heteroatoms. The number of nitrogens with zero attached hydrogens (tertiary/aromatic N) is 3. The van der Waals surface area contributed by atoms with Crippen LogP contribution in [-0.4, -0.2) is 59.8 Å². The quantitative estimate of drug-likeness (QED) is 0.888. The maximum absolute atomic E-state index is 12.6. The number of aromatic nitrogens is 1. The minimum absolute atomic E-state index is 0.0149. The summed E-state index contributed by atoms with van der Waals surface area (Å²) in [4.78, 5) is 18.4. The summed E-state index contributed by atoms with van der Waals surface area (Å²) >= 11 is 0. The number of amides is 1. The van der Waals surface area contributed by atoms with Crippen LogP contribution in [0.15, 0.2) is 47.5 Å². The molecular weight excluding hydrogens is 342 g/mol. The number of aromatic hydroxyl groups is 1. The number of aryl methyl sites for hydroxylation is 1. The lowest BCUT2D eigenvalue weighted by molar-refractivity contribution is 0.0697. The normalized spacial score (nSPS) is 16.0. The fraction of sp³-hybridized carbons (Fsp3) is 0.294. The molecule has 1 saturated heterocycles. The summed E-state index contributed by atoms with van der Waals surface area (Å²) in [6.45, 7) is 2.96. The molecule has 2 aromatic rings. The summed E-state index contributed by atoms with van der Waals surface area (Å²) in [5.41, 5.74) is 1.34. The van der Waals surface area contributed by atoms with Crippen molar-refractivity contribution < 1.29 is 18.3 Å². The van der Waals surface area contributed by atoms with Gasteiger partial charge in [0.15, 0.2) is 0 Å². The van der Waals surface area contributed by atoms with Crippen molar-refractivity contribution in [2.24, 2.45) is 0 Å². The molecule has 2 heterocycles. The highest BCUT2D eigenvalue weighted by Crippen LogP contribution is 2.20. The van der Waals surface area contributed by atoms with Crippen LogP contribution in [0.1, 0.15) is 16.1 Å². The van der Waals surface area contributed by atoms with Gasteiger partial charge < -0.3 is 10.0 Å². The van der Waals surface area contributed by atoms with Crippen molar-refractivity contribution >= 4 is 15.9 Å². The first-order valence-electron chi connectivity index (χ1n) is 7.89. The molecule has 0 bridgehead atoms. The molecule has 0 spiro atoms. The van der Waals surface area contributed by atoms with Crippen molar-refractivity contribution in [3.8, 4) is 5.75 Å². The SMILES string of the molecule is Cc1ccc(C(=O)N2CCN(S(=O)(=O)c3ccc(O)cc3)CC2)cn1. The summed E-state index contributed by atoms with van der Waals surface area (Å²) in [5.74, 6) is -0.129. The molecule has 0 saturated carbocycles. The molecule has 1 amide bonds. The van der Waals surface area contributed by atoms with E-state index >= 15 is 0 Å². The van der Waals surface area contributed by atoms with E-state index in [1.54, 1.807) is 17.0 Å². The van der Waals surface area contributed by atoms with Gasteiger partial charge in [-0.15, -0.1) is 0 Å². The van der Waals surface area contributed by atoms with E-state index in [1.807, 2.05) is 6.92 Å². The number of piperazine rings is 1. The first-order valence-corrected chi connectivity index (χ1v) is 9.33. The first-order chi connectivity index (χ1) is 11.9. The van der Waals surface area contributed by atoms with Gasteiger partial charge in [-0.05, 0) is 43.3 Å². The molecule has 25 heavy (non-hydrogen) atoms. The predicted molar refractivity (Wildman–Crippen MR) is 91.7 cm³/mol. The highest BCUT2D eigenvalue weighted by Gasteiger charge is 2.30. The highest BCUT2D eigenvalue weighted by atomic mass is 32.2. The zero-order valence-corrected chi connectivity index (χ0v) is 14.6. The van der Waals surface area contributed by atoms with Crippen molar-refractivity contribution in [2.45, 2.75) is 11.8 Å². The molecule has 0 aliphatic carbocycles. The Morgan fingerprint density at radius 2 is 1.68 bits per heavy atom. The number of sulfonamides is 1. The molecular formula is C17H19N3O4S. The van der Waals surface area contributed by atoms with Crippen LogP contribution < -0.4 is 0 Å². The van der Waals surface area contributed by atoms with E-state index < -0.39 is 10.0 Å². The Balaban J connectivity index is 1.68. The Morgan fingerprint density at radius 1 is 1.04 bits per heavy atom. The van der Waals surface area contributed by atoms with Gasteiger partial charge in [-0.25, -0.2) is 8.42 Å². The van der Waals surface area contributed by atoms with Crippen LogP contribution in [0, 0.1) is 6.92 Å². The maximum Gasteiger partial charge on any atom is 0.255 e. The lowest BCUT2D eigenvalue weighted by atomic mass is 10.2. The number of rotatable bonds is 3. The van der Waals surface area contributed by atoms with E-state index in [0.717, 1.165) is 5.69 Å². The standard InChI is InChI=1S/C17H19N3O4S/c1-13-2-3-14(12-18-13)17(22)19-8-10-20(11-9-19)25(23,24)16-6-4-15(21)5-7-16/h2-7,12,21H,8-11H2,1H3. The Kier molecular flexibility index (Phi) is 4.73. The van der Waals surface area contributed by atoms with Gasteiger partial charge in [0.25, 0.3) is 5.91 Å². The molecule has 132 valence electrons. The van der Waals surface area contributed by atoms with Gasteiger partial charge in [-0.3, -0.25) is 9.78 Å². The van der Waals surface area contributed by atoms with Crippen LogP contribution in [0.2, 0.25) is 0 Å². The van der Waals surface area contributed by atoms with Crippen molar-refractivity contribution in [3.05, 3.63) is 53.9 Å². The number of benzene rings is 1. The average molecular weight is 361 g/mol. The van der Waals surface area contributed by atoms with Crippen LogP contribution >= 0.6 is 0 Å². The van der Waals surface area contributed by atoms with Gasteiger partial charge in [0.1, 0.15) is 5.75 Å². The van der Waals surface area contributed by atoms with Gasteiger partial charge in [-0.1, -0.05) is 0 Å². The first kappa shape index (κ1) is 17.4. The minimum Gasteiger partial charge on any atom is -0.508 e. The molecule has 0 unspecified atom stereocenters. The third-order valence-corrected chi connectivity index (χ3v) is 6.07. The third-order valence-electron chi connectivity index (χ3n) is 4.16. The number of phenols is 1. The Morgan fingerprint density at radius 3 is 2.24 bits per heavy atom. The Hall–Kier alpha value is -2.45. The van der Waals surface area contributed by atoms with E-state index in [1.165, 1.54) is 34.8 Å². The molecule has 1 N–H and O–H groups in total. The molecule has 1 aliphatic rings. The molecule has 0 radical (unpaired) electrons. The van der Waals surface area contributed by atoms with Crippen molar-refractivity contribution in [1.29, 1.82) is 0 Å². The highest BCUT2D eigenvalue weighted by molar-refractivity contribution is 7.89. The Labute approximate surface area is 146 Å². The second-order valence-corrected chi connectivity index (χ2v) is 7.82. The van der Waals surface area contributed by atoms with E-state index in [2.05, 4.69) is 4.98 Å². The summed E-state index contributed by atoms with van der Waals surface area (Å²) in [6, 6.07) is 8.94. The molecule has 0 atom stereocenters. The molecule has 1 aromatic carbocycles. The molecule has 3 rings (SSSR count). The van der Waals surface area contributed by atoms with Crippen LogP contribution in [-0.2, 0) is 10.0 Å². The third kappa shape index (κ3) is 3.64. The van der Waals surface area contributed by atoms with Crippen LogP contribution in [0.5, 0.6) is 5.75 Å². The largest absolute Gasteiger partial charge is 0.508 e. The second-order valence-electron chi connectivity index (χ2n) is 5.88. The van der Waals surface area contributed by atoms with Gasteiger partial charge >= 0.3 is 0 Å². The zero-order chi connectivity index (χ0) is 18.0. The monoisotopic (exact) mass is 361 g/mol. The lowest BCUT2D eigenvalue weighted by Gasteiger charge is -2.34. The fourth-order valence-electron chi connectivity index (χ4n) is 2.68. The van der Waals surface area contributed by atoms with E-state index in [-0.39, 0.29) is 29.6 Å². The number of hydrogen-bond donors (Lipinski definition) is 1. The number of pyridine rings is 1. The van der Waals surface area contributed by atoms with Crippen LogP contribution in [0.4, 0.5) is 0 Å². The summed E-state index contributed by atoms with van der Waals surface area (Å²) in [7, 11) is -3.63. The van der Waals surface area contributed by atoms with Crippen molar-refractivity contribution in [2.75, 3.05) is 26.2 Å². The minimum atomic E-state index is -3.63. The second kappa shape index (κ2) is 6.81. The van der Waals surface area contributed by atoms with E-state index in [9.17, 15) is 18.3 Å². The maximum atomic E-state index is 12.6.